The first-order valence-electron chi connectivity index (χ1n) is 5.77. The zero-order chi connectivity index (χ0) is 11.0. The van der Waals surface area contributed by atoms with Gasteiger partial charge in [-0.15, -0.1) is 0 Å². The van der Waals surface area contributed by atoms with Gasteiger partial charge in [0.15, 0.2) is 0 Å². The van der Waals surface area contributed by atoms with E-state index in [4.69, 9.17) is 4.74 Å². The highest BCUT2D eigenvalue weighted by atomic mass is 16.6. The van der Waals surface area contributed by atoms with Gasteiger partial charge in [0.1, 0.15) is 6.10 Å². The number of anilines is 1. The smallest absolute Gasteiger partial charge is 0.268 e. The molecule has 1 unspecified atom stereocenters. The van der Waals surface area contributed by atoms with Gasteiger partial charge in [-0.1, -0.05) is 0 Å². The SMILES string of the molecule is O=c1cc(N2CCCC2)cnn1CC1CO1. The summed E-state index contributed by atoms with van der Waals surface area (Å²) in [7, 11) is 0. The van der Waals surface area contributed by atoms with E-state index in [9.17, 15) is 4.79 Å². The van der Waals surface area contributed by atoms with Crippen LogP contribution in [0.25, 0.3) is 0 Å². The van der Waals surface area contributed by atoms with Crippen LogP contribution in [-0.2, 0) is 11.3 Å². The monoisotopic (exact) mass is 221 g/mol. The van der Waals surface area contributed by atoms with Gasteiger partial charge >= 0.3 is 0 Å². The van der Waals surface area contributed by atoms with E-state index in [0.717, 1.165) is 25.4 Å². The van der Waals surface area contributed by atoms with Crippen molar-refractivity contribution in [3.63, 3.8) is 0 Å². The first kappa shape index (κ1) is 9.84. The van der Waals surface area contributed by atoms with E-state index < -0.39 is 0 Å². The molecule has 0 bridgehead atoms. The summed E-state index contributed by atoms with van der Waals surface area (Å²) in [5.74, 6) is 0. The predicted octanol–water partition coefficient (Wildman–Crippen LogP) is 0.242. The molecule has 0 spiro atoms. The minimum Gasteiger partial charge on any atom is -0.371 e. The highest BCUT2D eigenvalue weighted by molar-refractivity contribution is 5.43. The molecule has 3 heterocycles. The molecule has 0 aromatic carbocycles. The standard InChI is InChI=1S/C11H15N3O2/c15-11-5-9(13-3-1-2-4-13)6-12-14(11)7-10-8-16-10/h5-6,10H,1-4,7-8H2. The summed E-state index contributed by atoms with van der Waals surface area (Å²) in [6.45, 7) is 3.41. The van der Waals surface area contributed by atoms with Crippen molar-refractivity contribution in [1.29, 1.82) is 0 Å². The fourth-order valence-corrected chi connectivity index (χ4v) is 2.08. The van der Waals surface area contributed by atoms with Crippen LogP contribution in [-0.4, -0.2) is 35.6 Å². The molecule has 1 atom stereocenters. The van der Waals surface area contributed by atoms with Gasteiger partial charge in [0.2, 0.25) is 0 Å². The molecule has 3 rings (SSSR count). The predicted molar refractivity (Wildman–Crippen MR) is 59.7 cm³/mol. The quantitative estimate of drug-likeness (QED) is 0.686. The number of hydrogen-bond acceptors (Lipinski definition) is 4. The lowest BCUT2D eigenvalue weighted by atomic mass is 10.4. The lowest BCUT2D eigenvalue weighted by molar-refractivity contribution is 0.368. The van der Waals surface area contributed by atoms with Crippen molar-refractivity contribution in [3.8, 4) is 0 Å². The second kappa shape index (κ2) is 3.90. The average Bonchev–Trinajstić information content (AvgIpc) is 2.94. The van der Waals surface area contributed by atoms with Crippen molar-refractivity contribution >= 4 is 5.69 Å². The molecule has 0 radical (unpaired) electrons. The molecule has 1 aromatic rings. The summed E-state index contributed by atoms with van der Waals surface area (Å²) >= 11 is 0. The molecule has 86 valence electrons. The minimum atomic E-state index is -0.0279. The summed E-state index contributed by atoms with van der Waals surface area (Å²) in [5.41, 5.74) is 0.926. The van der Waals surface area contributed by atoms with Gasteiger partial charge in [-0.25, -0.2) is 4.68 Å². The van der Waals surface area contributed by atoms with Gasteiger partial charge in [0, 0.05) is 19.2 Å². The number of epoxide rings is 1. The Kier molecular flexibility index (Phi) is 2.40. The molecule has 2 aliphatic heterocycles. The molecule has 5 nitrogen and oxygen atoms in total. The Balaban J connectivity index is 1.80. The van der Waals surface area contributed by atoms with E-state index in [1.807, 2.05) is 0 Å². The Morgan fingerprint density at radius 3 is 2.81 bits per heavy atom. The fraction of sp³-hybridized carbons (Fsp3) is 0.636. The van der Waals surface area contributed by atoms with Crippen LogP contribution in [0.15, 0.2) is 17.1 Å². The highest BCUT2D eigenvalue weighted by Crippen LogP contribution is 2.17. The minimum absolute atomic E-state index is 0.0279. The lowest BCUT2D eigenvalue weighted by Gasteiger charge is -2.16. The zero-order valence-electron chi connectivity index (χ0n) is 9.13. The third-order valence-electron chi connectivity index (χ3n) is 3.11. The second-order valence-corrected chi connectivity index (χ2v) is 4.38. The molecule has 16 heavy (non-hydrogen) atoms. The van der Waals surface area contributed by atoms with Crippen LogP contribution in [0.3, 0.4) is 0 Å². The second-order valence-electron chi connectivity index (χ2n) is 4.38. The van der Waals surface area contributed by atoms with Crippen molar-refractivity contribution in [2.45, 2.75) is 25.5 Å². The van der Waals surface area contributed by atoms with Crippen molar-refractivity contribution in [2.24, 2.45) is 0 Å². The van der Waals surface area contributed by atoms with Gasteiger partial charge in [-0.05, 0) is 12.8 Å². The summed E-state index contributed by atoms with van der Waals surface area (Å²) in [4.78, 5) is 14.0. The van der Waals surface area contributed by atoms with Gasteiger partial charge in [-0.3, -0.25) is 4.79 Å². The molecular formula is C11H15N3O2. The summed E-state index contributed by atoms with van der Waals surface area (Å²) < 4.78 is 6.57. The molecule has 2 aliphatic rings. The Labute approximate surface area is 93.6 Å². The van der Waals surface area contributed by atoms with Gasteiger partial charge in [0.25, 0.3) is 5.56 Å². The van der Waals surface area contributed by atoms with E-state index in [1.54, 1.807) is 12.3 Å². The molecular weight excluding hydrogens is 206 g/mol. The molecule has 0 saturated carbocycles. The van der Waals surface area contributed by atoms with E-state index >= 15 is 0 Å². The molecule has 1 aromatic heterocycles. The maximum atomic E-state index is 11.8. The Bertz CT molecular complexity index is 433. The van der Waals surface area contributed by atoms with Crippen LogP contribution in [0, 0.1) is 0 Å². The largest absolute Gasteiger partial charge is 0.371 e. The van der Waals surface area contributed by atoms with E-state index in [1.165, 1.54) is 17.5 Å². The maximum Gasteiger partial charge on any atom is 0.268 e. The topological polar surface area (TPSA) is 50.7 Å². The Morgan fingerprint density at radius 2 is 2.19 bits per heavy atom. The van der Waals surface area contributed by atoms with Crippen LogP contribution >= 0.6 is 0 Å². The van der Waals surface area contributed by atoms with Gasteiger partial charge in [0.05, 0.1) is 25.0 Å². The van der Waals surface area contributed by atoms with Crippen molar-refractivity contribution in [3.05, 3.63) is 22.6 Å². The van der Waals surface area contributed by atoms with E-state index in [-0.39, 0.29) is 11.7 Å². The summed E-state index contributed by atoms with van der Waals surface area (Å²) in [6, 6.07) is 1.68. The molecule has 2 fully saturated rings. The van der Waals surface area contributed by atoms with Crippen LogP contribution in [0.4, 0.5) is 5.69 Å². The molecule has 0 N–H and O–H groups in total. The summed E-state index contributed by atoms with van der Waals surface area (Å²) in [6.07, 6.45) is 4.40. The molecule has 0 amide bonds. The van der Waals surface area contributed by atoms with Crippen LogP contribution < -0.4 is 10.5 Å². The van der Waals surface area contributed by atoms with E-state index in [0.29, 0.717) is 6.54 Å². The highest BCUT2D eigenvalue weighted by Gasteiger charge is 2.24. The maximum absolute atomic E-state index is 11.8. The summed E-state index contributed by atoms with van der Waals surface area (Å²) in [5, 5.41) is 4.19. The third-order valence-corrected chi connectivity index (χ3v) is 3.11. The third kappa shape index (κ3) is 1.95. The number of ether oxygens (including phenoxy) is 1. The molecule has 2 saturated heterocycles. The van der Waals surface area contributed by atoms with Crippen LogP contribution in [0.5, 0.6) is 0 Å². The number of aromatic nitrogens is 2. The van der Waals surface area contributed by atoms with Gasteiger partial charge in [-0.2, -0.15) is 5.10 Å². The fourth-order valence-electron chi connectivity index (χ4n) is 2.08. The number of hydrogen-bond donors (Lipinski definition) is 0. The van der Waals surface area contributed by atoms with Crippen molar-refractivity contribution < 1.29 is 4.74 Å². The van der Waals surface area contributed by atoms with Crippen molar-refractivity contribution in [1.82, 2.24) is 9.78 Å². The van der Waals surface area contributed by atoms with E-state index in [2.05, 4.69) is 10.00 Å². The molecule has 5 heteroatoms. The normalized spacial score (nSPS) is 23.8. The Hall–Kier alpha value is -1.36. The number of nitrogens with zero attached hydrogens (tertiary/aromatic N) is 3. The van der Waals surface area contributed by atoms with Gasteiger partial charge < -0.3 is 9.64 Å². The zero-order valence-corrected chi connectivity index (χ0v) is 9.13. The number of rotatable bonds is 3. The Morgan fingerprint density at radius 1 is 1.44 bits per heavy atom. The van der Waals surface area contributed by atoms with Crippen molar-refractivity contribution in [2.75, 3.05) is 24.6 Å². The average molecular weight is 221 g/mol. The first-order valence-corrected chi connectivity index (χ1v) is 5.77. The van der Waals surface area contributed by atoms with Crippen LogP contribution in [0.2, 0.25) is 0 Å². The first-order chi connectivity index (χ1) is 7.83. The molecule has 0 aliphatic carbocycles. The lowest BCUT2D eigenvalue weighted by Crippen LogP contribution is -2.27. The van der Waals surface area contributed by atoms with Crippen LogP contribution in [0.1, 0.15) is 12.8 Å².